The number of aliphatic carboxylic acids is 1. The summed E-state index contributed by atoms with van der Waals surface area (Å²) in [6.45, 7) is -0.200. The van der Waals surface area contributed by atoms with Crippen LogP contribution in [0.25, 0.3) is 0 Å². The van der Waals surface area contributed by atoms with Gasteiger partial charge in [0, 0.05) is 18.6 Å². The molecule has 0 aromatic carbocycles. The number of hydrogen-bond acceptors (Lipinski definition) is 15. The second-order valence-corrected chi connectivity index (χ2v) is 8.83. The molecule has 1 aliphatic carbocycles. The van der Waals surface area contributed by atoms with Gasteiger partial charge in [0.25, 0.3) is 0 Å². The van der Waals surface area contributed by atoms with Crippen LogP contribution in [0.4, 0.5) is 0 Å². The molecule has 3 rings (SSSR count). The summed E-state index contributed by atoms with van der Waals surface area (Å²) in [7, 11) is 0. The minimum Gasteiger partial charge on any atom is -0.479 e. The van der Waals surface area contributed by atoms with Crippen LogP contribution in [0.3, 0.4) is 0 Å². The van der Waals surface area contributed by atoms with Gasteiger partial charge in [-0.05, 0) is 6.42 Å². The summed E-state index contributed by atoms with van der Waals surface area (Å²) in [6.07, 6.45) is -18.4. The fraction of sp³-hybridized carbons (Fsp3) is 0.944. The van der Waals surface area contributed by atoms with Gasteiger partial charge in [-0.2, -0.15) is 0 Å². The second kappa shape index (κ2) is 10.9. The highest BCUT2D eigenvalue weighted by Gasteiger charge is 2.52. The summed E-state index contributed by atoms with van der Waals surface area (Å²) in [5.74, 6) is -1.54. The molecule has 0 aromatic rings. The van der Waals surface area contributed by atoms with E-state index in [4.69, 9.17) is 41.9 Å². The van der Waals surface area contributed by atoms with Crippen molar-refractivity contribution in [3.63, 3.8) is 0 Å². The van der Waals surface area contributed by atoms with Crippen LogP contribution >= 0.6 is 0 Å². The van der Waals surface area contributed by atoms with E-state index in [0.29, 0.717) is 0 Å². The Morgan fingerprint density at radius 2 is 1.29 bits per heavy atom. The van der Waals surface area contributed by atoms with E-state index in [1.54, 1.807) is 0 Å². The van der Waals surface area contributed by atoms with Crippen LogP contribution in [0, 0.1) is 0 Å². The zero-order valence-electron chi connectivity index (χ0n) is 18.1. The average molecular weight is 498 g/mol. The summed E-state index contributed by atoms with van der Waals surface area (Å²) >= 11 is 0. The first-order valence-corrected chi connectivity index (χ1v) is 10.8. The average Bonchev–Trinajstić information content (AvgIpc) is 2.78. The van der Waals surface area contributed by atoms with Gasteiger partial charge in [-0.25, -0.2) is 4.79 Å². The van der Waals surface area contributed by atoms with Crippen molar-refractivity contribution in [2.75, 3.05) is 6.54 Å². The smallest absolute Gasteiger partial charge is 0.335 e. The Kier molecular flexibility index (Phi) is 8.81. The van der Waals surface area contributed by atoms with E-state index in [2.05, 4.69) is 0 Å². The van der Waals surface area contributed by atoms with Crippen molar-refractivity contribution >= 4 is 5.97 Å². The first-order valence-electron chi connectivity index (χ1n) is 10.8. The maximum absolute atomic E-state index is 11.4. The first-order chi connectivity index (χ1) is 15.9. The molecular formula is C18H34N4O12. The first kappa shape index (κ1) is 27.5. The zero-order valence-corrected chi connectivity index (χ0v) is 18.1. The molecule has 34 heavy (non-hydrogen) atoms. The van der Waals surface area contributed by atoms with Crippen molar-refractivity contribution in [1.29, 1.82) is 0 Å². The van der Waals surface area contributed by atoms with Crippen molar-refractivity contribution in [3.05, 3.63) is 0 Å². The predicted molar refractivity (Wildman–Crippen MR) is 108 cm³/mol. The molecule has 16 heteroatoms. The molecular weight excluding hydrogens is 464 g/mol. The number of aliphatic hydroxyl groups is 6. The molecule has 0 aromatic heterocycles. The third-order valence-corrected chi connectivity index (χ3v) is 6.45. The van der Waals surface area contributed by atoms with Gasteiger partial charge in [0.2, 0.25) is 0 Å². The Hall–Kier alpha value is -1.09. The third-order valence-electron chi connectivity index (χ3n) is 6.45. The van der Waals surface area contributed by atoms with Gasteiger partial charge < -0.3 is 77.6 Å². The minimum absolute atomic E-state index is 0.0144. The largest absolute Gasteiger partial charge is 0.479 e. The number of hydrogen-bond donors (Lipinski definition) is 11. The van der Waals surface area contributed by atoms with Crippen molar-refractivity contribution < 1.29 is 59.5 Å². The molecule has 16 nitrogen and oxygen atoms in total. The lowest BCUT2D eigenvalue weighted by atomic mass is 9.84. The molecule has 3 aliphatic rings. The van der Waals surface area contributed by atoms with Crippen LogP contribution in [0.1, 0.15) is 6.42 Å². The second-order valence-electron chi connectivity index (χ2n) is 8.83. The molecule has 15 atom stereocenters. The van der Waals surface area contributed by atoms with Crippen LogP contribution in [-0.4, -0.2) is 140 Å². The lowest BCUT2D eigenvalue weighted by molar-refractivity contribution is -0.330. The number of carboxylic acids is 1. The maximum atomic E-state index is 11.4. The Bertz CT molecular complexity index is 706. The summed E-state index contributed by atoms with van der Waals surface area (Å²) in [5, 5.41) is 70.6. The number of carboxylic acid groups (broad SMARTS) is 1. The number of nitrogens with two attached hydrogens (primary N) is 4. The molecule has 3 fully saturated rings. The van der Waals surface area contributed by atoms with E-state index in [1.165, 1.54) is 0 Å². The molecule has 15 unspecified atom stereocenters. The SMILES string of the molecule is NCC1OC(OC2C(N)CC(N)C(OC3OC(C(=O)O)C(O)C(N)C3O)C2O)C(O)C(O)C1O. The molecule has 198 valence electrons. The van der Waals surface area contributed by atoms with E-state index >= 15 is 0 Å². The number of rotatable bonds is 6. The normalized spacial score (nSPS) is 52.4. The Labute approximate surface area is 193 Å². The zero-order chi connectivity index (χ0) is 25.5. The molecule has 2 heterocycles. The van der Waals surface area contributed by atoms with Gasteiger partial charge in [-0.3, -0.25) is 0 Å². The van der Waals surface area contributed by atoms with Gasteiger partial charge in [0.1, 0.15) is 54.9 Å². The lowest BCUT2D eigenvalue weighted by Gasteiger charge is -2.48. The van der Waals surface area contributed by atoms with Crippen molar-refractivity contribution in [1.82, 2.24) is 0 Å². The van der Waals surface area contributed by atoms with E-state index in [1.807, 2.05) is 0 Å². The van der Waals surface area contributed by atoms with Crippen LogP contribution < -0.4 is 22.9 Å². The van der Waals surface area contributed by atoms with Gasteiger partial charge in [0.15, 0.2) is 18.7 Å². The molecule has 0 bridgehead atoms. The topological polar surface area (TPSA) is 300 Å². The Morgan fingerprint density at radius 1 is 0.765 bits per heavy atom. The molecule has 0 amide bonds. The summed E-state index contributed by atoms with van der Waals surface area (Å²) < 4.78 is 21.8. The van der Waals surface area contributed by atoms with Crippen molar-refractivity contribution in [2.24, 2.45) is 22.9 Å². The minimum atomic E-state index is -1.80. The van der Waals surface area contributed by atoms with Gasteiger partial charge in [-0.1, -0.05) is 0 Å². The van der Waals surface area contributed by atoms with Crippen molar-refractivity contribution in [2.45, 2.75) is 98.2 Å². The third kappa shape index (κ3) is 5.20. The van der Waals surface area contributed by atoms with E-state index in [-0.39, 0.29) is 13.0 Å². The van der Waals surface area contributed by atoms with Crippen LogP contribution in [-0.2, 0) is 23.7 Å². The standard InChI is InChI=1S/C18H34N4O12/c19-2-5-7(23)10(26)11(27)18(31-5)33-14-4(21)1-3(20)13(12(14)28)32-17-9(25)6(22)8(24)15(34-17)16(29)30/h3-15,17-18,23-28H,1-2,19-22H2,(H,29,30). The number of ether oxygens (including phenoxy) is 4. The maximum Gasteiger partial charge on any atom is 0.335 e. The molecule has 0 radical (unpaired) electrons. The molecule has 0 spiro atoms. The summed E-state index contributed by atoms with van der Waals surface area (Å²) in [4.78, 5) is 11.4. The molecule has 2 saturated heterocycles. The summed E-state index contributed by atoms with van der Waals surface area (Å²) in [6, 6.07) is -3.25. The summed E-state index contributed by atoms with van der Waals surface area (Å²) in [5.41, 5.74) is 23.3. The van der Waals surface area contributed by atoms with Crippen LogP contribution in [0.2, 0.25) is 0 Å². The highest BCUT2D eigenvalue weighted by atomic mass is 16.7. The number of aliphatic hydroxyl groups excluding tert-OH is 6. The van der Waals surface area contributed by atoms with Gasteiger partial charge in [-0.15, -0.1) is 0 Å². The van der Waals surface area contributed by atoms with E-state index in [9.17, 15) is 40.5 Å². The lowest BCUT2D eigenvalue weighted by Crippen LogP contribution is -2.68. The Morgan fingerprint density at radius 3 is 1.79 bits per heavy atom. The monoisotopic (exact) mass is 498 g/mol. The Balaban J connectivity index is 1.74. The number of carbonyl (C=O) groups is 1. The highest BCUT2D eigenvalue weighted by Crippen LogP contribution is 2.31. The highest BCUT2D eigenvalue weighted by molar-refractivity contribution is 5.73. The fourth-order valence-corrected chi connectivity index (χ4v) is 4.38. The fourth-order valence-electron chi connectivity index (χ4n) is 4.38. The molecule has 2 aliphatic heterocycles. The van der Waals surface area contributed by atoms with Gasteiger partial charge >= 0.3 is 5.97 Å². The van der Waals surface area contributed by atoms with Crippen LogP contribution in [0.5, 0.6) is 0 Å². The van der Waals surface area contributed by atoms with Gasteiger partial charge in [0.05, 0.1) is 6.04 Å². The molecule has 1 saturated carbocycles. The quantitative estimate of drug-likeness (QED) is 0.162. The van der Waals surface area contributed by atoms with E-state index in [0.717, 1.165) is 0 Å². The predicted octanol–water partition coefficient (Wildman–Crippen LogP) is -7.20. The van der Waals surface area contributed by atoms with Crippen molar-refractivity contribution in [3.8, 4) is 0 Å². The van der Waals surface area contributed by atoms with E-state index < -0.39 is 97.7 Å². The molecule has 15 N–H and O–H groups in total. The van der Waals surface area contributed by atoms with Crippen LogP contribution in [0.15, 0.2) is 0 Å².